The van der Waals surface area contributed by atoms with Crippen LogP contribution in [0.2, 0.25) is 5.15 Å². The Bertz CT molecular complexity index is 606. The van der Waals surface area contributed by atoms with Crippen molar-refractivity contribution in [2.45, 2.75) is 26.8 Å². The quantitative estimate of drug-likeness (QED) is 0.732. The van der Waals surface area contributed by atoms with E-state index in [-0.39, 0.29) is 23.1 Å². The molecule has 1 fully saturated rings. The van der Waals surface area contributed by atoms with Gasteiger partial charge in [-0.2, -0.15) is 0 Å². The van der Waals surface area contributed by atoms with Crippen LogP contribution in [0.5, 0.6) is 0 Å². The molecule has 8 heteroatoms. The molecular weight excluding hydrogens is 330 g/mol. The van der Waals surface area contributed by atoms with Crippen LogP contribution in [0, 0.1) is 0 Å². The van der Waals surface area contributed by atoms with Crippen molar-refractivity contribution >= 4 is 29.4 Å². The molecule has 0 aliphatic carbocycles. The fourth-order valence-electron chi connectivity index (χ4n) is 2.76. The van der Waals surface area contributed by atoms with Crippen LogP contribution in [-0.2, 0) is 0 Å². The third kappa shape index (κ3) is 4.36. The highest BCUT2D eigenvalue weighted by atomic mass is 35.5. The molecule has 7 nitrogen and oxygen atoms in total. The normalized spacial score (nSPS) is 15.5. The fourth-order valence-corrected chi connectivity index (χ4v) is 2.97. The van der Waals surface area contributed by atoms with Crippen LogP contribution in [0.1, 0.15) is 31.1 Å². The highest BCUT2D eigenvalue weighted by Crippen LogP contribution is 2.19. The number of nitrogens with one attached hydrogen (secondary N) is 2. The smallest absolute Gasteiger partial charge is 0.323 e. The van der Waals surface area contributed by atoms with E-state index >= 15 is 0 Å². The molecule has 132 valence electrons. The fraction of sp³-hybridized carbons (Fsp3) is 0.562. The molecule has 0 unspecified atom stereocenters. The first-order chi connectivity index (χ1) is 11.5. The summed E-state index contributed by atoms with van der Waals surface area (Å²) in [5.41, 5.74) is 0.399. The maximum Gasteiger partial charge on any atom is 0.323 e. The van der Waals surface area contributed by atoms with Gasteiger partial charge in [-0.15, -0.1) is 0 Å². The molecule has 2 heterocycles. The number of halogens is 1. The number of pyridine rings is 1. The van der Waals surface area contributed by atoms with Crippen LogP contribution in [0.25, 0.3) is 0 Å². The minimum absolute atomic E-state index is 0.189. The van der Waals surface area contributed by atoms with Gasteiger partial charge in [-0.3, -0.25) is 14.6 Å². The number of likely N-dealkylation sites (N-methyl/N-ethyl adjacent to an activating group) is 1. The third-order valence-electron chi connectivity index (χ3n) is 4.17. The van der Waals surface area contributed by atoms with Crippen LogP contribution in [0.4, 0.5) is 10.6 Å². The van der Waals surface area contributed by atoms with Crippen LogP contribution < -0.4 is 15.5 Å². The molecule has 3 amide bonds. The number of amides is 3. The molecule has 1 atom stereocenters. The molecule has 0 bridgehead atoms. The van der Waals surface area contributed by atoms with Gasteiger partial charge in [0.15, 0.2) is 0 Å². The largest absolute Gasteiger partial charge is 0.350 e. The lowest BCUT2D eigenvalue weighted by Gasteiger charge is -2.26. The second-order valence-electron chi connectivity index (χ2n) is 5.70. The molecule has 1 aromatic rings. The van der Waals surface area contributed by atoms with Gasteiger partial charge in [0.25, 0.3) is 5.91 Å². The Balaban J connectivity index is 2.06. The third-order valence-corrected chi connectivity index (χ3v) is 4.36. The summed E-state index contributed by atoms with van der Waals surface area (Å²) in [4.78, 5) is 32.0. The van der Waals surface area contributed by atoms with E-state index in [1.165, 1.54) is 11.0 Å². The predicted octanol–water partition coefficient (Wildman–Crippen LogP) is 1.72. The lowest BCUT2D eigenvalue weighted by molar-refractivity contribution is 0.0938. The molecule has 24 heavy (non-hydrogen) atoms. The van der Waals surface area contributed by atoms with Gasteiger partial charge in [0, 0.05) is 31.2 Å². The number of carbonyl (C=O) groups is 2. The van der Waals surface area contributed by atoms with Gasteiger partial charge in [0.1, 0.15) is 11.0 Å². The summed E-state index contributed by atoms with van der Waals surface area (Å²) in [5, 5.41) is 5.81. The van der Waals surface area contributed by atoms with Crippen molar-refractivity contribution in [2.75, 3.05) is 37.6 Å². The van der Waals surface area contributed by atoms with E-state index in [2.05, 4.69) is 41.3 Å². The first-order valence-electron chi connectivity index (χ1n) is 8.21. The second kappa shape index (κ2) is 8.30. The Kier molecular flexibility index (Phi) is 6.39. The van der Waals surface area contributed by atoms with Crippen molar-refractivity contribution in [1.29, 1.82) is 0 Å². The molecule has 0 aromatic carbocycles. The number of carbonyl (C=O) groups excluding carboxylic acids is 2. The summed E-state index contributed by atoms with van der Waals surface area (Å²) >= 11 is 6.02. The van der Waals surface area contributed by atoms with Crippen molar-refractivity contribution in [2.24, 2.45) is 0 Å². The monoisotopic (exact) mass is 353 g/mol. The summed E-state index contributed by atoms with van der Waals surface area (Å²) in [6.45, 7) is 9.73. The first kappa shape index (κ1) is 18.5. The zero-order valence-electron chi connectivity index (χ0n) is 14.3. The molecule has 2 rings (SSSR count). The van der Waals surface area contributed by atoms with Gasteiger partial charge in [0.05, 0.1) is 0 Å². The number of aromatic nitrogens is 1. The van der Waals surface area contributed by atoms with Gasteiger partial charge >= 0.3 is 6.03 Å². The van der Waals surface area contributed by atoms with Crippen molar-refractivity contribution in [1.82, 2.24) is 20.5 Å². The van der Waals surface area contributed by atoms with E-state index in [1.807, 2.05) is 0 Å². The molecule has 2 N–H and O–H groups in total. The minimum atomic E-state index is -0.230. The topological polar surface area (TPSA) is 77.6 Å². The number of rotatable bonds is 7. The molecule has 1 aliphatic heterocycles. The Morgan fingerprint density at radius 3 is 2.75 bits per heavy atom. The first-order valence-corrected chi connectivity index (χ1v) is 8.59. The van der Waals surface area contributed by atoms with Crippen molar-refractivity contribution in [3.05, 3.63) is 22.8 Å². The molecule has 0 radical (unpaired) electrons. The van der Waals surface area contributed by atoms with E-state index in [1.54, 1.807) is 6.07 Å². The molecule has 1 aromatic heterocycles. The highest BCUT2D eigenvalue weighted by molar-refractivity contribution is 6.30. The maximum atomic E-state index is 12.4. The van der Waals surface area contributed by atoms with Gasteiger partial charge in [0.2, 0.25) is 0 Å². The summed E-state index contributed by atoms with van der Waals surface area (Å²) in [6, 6.07) is 3.11. The average molecular weight is 354 g/mol. The Morgan fingerprint density at radius 2 is 2.17 bits per heavy atom. The van der Waals surface area contributed by atoms with Gasteiger partial charge < -0.3 is 10.6 Å². The summed E-state index contributed by atoms with van der Waals surface area (Å²) in [7, 11) is 0. The van der Waals surface area contributed by atoms with Crippen molar-refractivity contribution in [3.63, 3.8) is 0 Å². The van der Waals surface area contributed by atoms with Crippen LogP contribution in [-0.4, -0.2) is 60.6 Å². The average Bonchev–Trinajstić information content (AvgIpc) is 2.99. The summed E-state index contributed by atoms with van der Waals surface area (Å²) in [6.07, 6.45) is 0. The Labute approximate surface area is 147 Å². The van der Waals surface area contributed by atoms with E-state index < -0.39 is 0 Å². The predicted molar refractivity (Wildman–Crippen MR) is 94.7 cm³/mol. The van der Waals surface area contributed by atoms with E-state index in [4.69, 9.17) is 11.6 Å². The number of hydrogen-bond acceptors (Lipinski definition) is 4. The molecule has 0 spiro atoms. The maximum absolute atomic E-state index is 12.4. The zero-order chi connectivity index (χ0) is 17.7. The number of hydrogen-bond donors (Lipinski definition) is 2. The van der Waals surface area contributed by atoms with E-state index in [0.717, 1.165) is 13.1 Å². The van der Waals surface area contributed by atoms with Crippen LogP contribution in [0.3, 0.4) is 0 Å². The minimum Gasteiger partial charge on any atom is -0.350 e. The number of urea groups is 1. The van der Waals surface area contributed by atoms with Gasteiger partial charge in [-0.1, -0.05) is 25.4 Å². The van der Waals surface area contributed by atoms with Crippen LogP contribution in [0.15, 0.2) is 12.1 Å². The second-order valence-corrected chi connectivity index (χ2v) is 6.09. The zero-order valence-corrected chi connectivity index (χ0v) is 15.1. The number of anilines is 1. The molecular formula is C16H24ClN5O2. The van der Waals surface area contributed by atoms with Gasteiger partial charge in [-0.05, 0) is 32.1 Å². The standard InChI is InChI=1S/C16H24ClN5O2/c1-4-21(5-2)11(3)10-19-15(23)12-8-13(17)20-14(9-12)22-7-6-18-16(22)24/h8-9,11H,4-7,10H2,1-3H3,(H,18,24)(H,19,23)/t11-/m0/s1. The van der Waals surface area contributed by atoms with Crippen molar-refractivity contribution in [3.8, 4) is 0 Å². The van der Waals surface area contributed by atoms with E-state index in [0.29, 0.717) is 31.0 Å². The Morgan fingerprint density at radius 1 is 1.46 bits per heavy atom. The summed E-state index contributed by atoms with van der Waals surface area (Å²) in [5.74, 6) is 0.165. The van der Waals surface area contributed by atoms with Gasteiger partial charge in [-0.25, -0.2) is 9.78 Å². The molecule has 0 saturated carbocycles. The lowest BCUT2D eigenvalue weighted by Crippen LogP contribution is -2.42. The molecule has 1 saturated heterocycles. The number of nitrogens with zero attached hydrogens (tertiary/aromatic N) is 3. The SMILES string of the molecule is CCN(CC)[C@@H](C)CNC(=O)c1cc(Cl)nc(N2CCNC2=O)c1. The highest BCUT2D eigenvalue weighted by Gasteiger charge is 2.24. The Hall–Kier alpha value is -1.86. The lowest BCUT2D eigenvalue weighted by atomic mass is 10.2. The van der Waals surface area contributed by atoms with E-state index in [9.17, 15) is 9.59 Å². The summed E-state index contributed by atoms with van der Waals surface area (Å²) < 4.78 is 0. The van der Waals surface area contributed by atoms with Crippen molar-refractivity contribution < 1.29 is 9.59 Å². The molecule has 1 aliphatic rings. The van der Waals surface area contributed by atoms with Crippen LogP contribution >= 0.6 is 11.6 Å².